The monoisotopic (exact) mass is 377 g/mol. The molecule has 2 amide bonds. The fraction of sp³-hybridized carbons (Fsp3) is 0.444. The van der Waals surface area contributed by atoms with Crippen molar-refractivity contribution in [3.8, 4) is 0 Å². The van der Waals surface area contributed by atoms with Crippen molar-refractivity contribution in [2.75, 3.05) is 31.6 Å². The summed E-state index contributed by atoms with van der Waals surface area (Å²) in [7, 11) is 0. The molecule has 134 valence electrons. The van der Waals surface area contributed by atoms with Crippen LogP contribution in [0.25, 0.3) is 0 Å². The van der Waals surface area contributed by atoms with Crippen LogP contribution in [0.1, 0.15) is 19.0 Å². The third-order valence-corrected chi connectivity index (χ3v) is 6.14. The number of benzene rings is 1. The van der Waals surface area contributed by atoms with E-state index in [0.717, 1.165) is 46.8 Å². The Hall–Kier alpha value is -1.57. The van der Waals surface area contributed by atoms with Crippen LogP contribution in [0.3, 0.4) is 0 Å². The summed E-state index contributed by atoms with van der Waals surface area (Å²) in [6.45, 7) is 7.01. The molecule has 1 aromatic heterocycles. The Bertz CT molecular complexity index is 697. The lowest BCUT2D eigenvalue weighted by molar-refractivity contribution is 0.171. The number of amides is 2. The van der Waals surface area contributed by atoms with Gasteiger partial charge in [-0.25, -0.2) is 9.78 Å². The van der Waals surface area contributed by atoms with Crippen LogP contribution in [0.2, 0.25) is 0 Å². The van der Waals surface area contributed by atoms with Crippen molar-refractivity contribution >= 4 is 34.8 Å². The summed E-state index contributed by atoms with van der Waals surface area (Å²) >= 11 is 3.28. The van der Waals surface area contributed by atoms with E-state index in [-0.39, 0.29) is 6.03 Å². The van der Waals surface area contributed by atoms with Crippen LogP contribution in [-0.4, -0.2) is 42.2 Å². The predicted octanol–water partition coefficient (Wildman–Crippen LogP) is 4.49. The lowest BCUT2D eigenvalue weighted by Gasteiger charge is -2.24. The number of aromatic nitrogens is 1. The van der Waals surface area contributed by atoms with Gasteiger partial charge in [-0.15, -0.1) is 11.3 Å². The number of ether oxygens (including phenoxy) is 1. The number of thiazole rings is 1. The van der Waals surface area contributed by atoms with E-state index < -0.39 is 0 Å². The molecule has 0 spiro atoms. The number of nitrogens with one attached hydrogen (secondary N) is 1. The van der Waals surface area contributed by atoms with Crippen molar-refractivity contribution < 1.29 is 9.53 Å². The molecule has 0 saturated carbocycles. The molecule has 0 aliphatic carbocycles. The van der Waals surface area contributed by atoms with Crippen LogP contribution in [0, 0.1) is 12.8 Å². The zero-order valence-corrected chi connectivity index (χ0v) is 16.2. The first kappa shape index (κ1) is 18.2. The summed E-state index contributed by atoms with van der Waals surface area (Å²) in [6.07, 6.45) is 1.03. The van der Waals surface area contributed by atoms with Gasteiger partial charge in [0.25, 0.3) is 0 Å². The molecule has 0 bridgehead atoms. The number of aryl methyl sites for hydroxylation is 1. The van der Waals surface area contributed by atoms with E-state index in [2.05, 4.69) is 10.3 Å². The van der Waals surface area contributed by atoms with Gasteiger partial charge in [0.05, 0.1) is 6.61 Å². The van der Waals surface area contributed by atoms with Gasteiger partial charge >= 0.3 is 6.03 Å². The second kappa shape index (κ2) is 8.69. The molecule has 2 heterocycles. The van der Waals surface area contributed by atoms with Gasteiger partial charge in [-0.2, -0.15) is 0 Å². The van der Waals surface area contributed by atoms with Crippen LogP contribution >= 0.6 is 23.1 Å². The Morgan fingerprint density at radius 3 is 2.84 bits per heavy atom. The molecule has 1 fully saturated rings. The van der Waals surface area contributed by atoms with Gasteiger partial charge in [0.1, 0.15) is 0 Å². The maximum absolute atomic E-state index is 12.5. The highest BCUT2D eigenvalue weighted by atomic mass is 32.2. The summed E-state index contributed by atoms with van der Waals surface area (Å²) in [5.41, 5.74) is 1.86. The fourth-order valence-corrected chi connectivity index (χ4v) is 4.49. The number of nitrogens with zero attached hydrogens (tertiary/aromatic N) is 2. The molecular weight excluding hydrogens is 354 g/mol. The van der Waals surface area contributed by atoms with Gasteiger partial charge in [-0.05, 0) is 44.5 Å². The highest BCUT2D eigenvalue weighted by Crippen LogP contribution is 2.30. The first-order valence-electron chi connectivity index (χ1n) is 8.47. The van der Waals surface area contributed by atoms with Crippen molar-refractivity contribution in [3.63, 3.8) is 0 Å². The number of carbonyl (C=O) groups is 1. The molecule has 0 unspecified atom stereocenters. The molecule has 0 radical (unpaired) electrons. The Balaban J connectivity index is 1.55. The lowest BCUT2D eigenvalue weighted by Crippen LogP contribution is -2.38. The first-order chi connectivity index (χ1) is 12.1. The minimum Gasteiger partial charge on any atom is -0.381 e. The summed E-state index contributed by atoms with van der Waals surface area (Å²) in [5.74, 6) is 0.450. The largest absolute Gasteiger partial charge is 0.381 e. The van der Waals surface area contributed by atoms with Crippen molar-refractivity contribution in [3.05, 3.63) is 35.3 Å². The molecule has 1 N–H and O–H groups in total. The SMILES string of the molecule is CCN(C[C@H]1CCOC1)C(=O)Nc1ccc(Sc2nc(C)cs2)cc1. The van der Waals surface area contributed by atoms with E-state index in [4.69, 9.17) is 4.74 Å². The average molecular weight is 378 g/mol. The average Bonchev–Trinajstić information content (AvgIpc) is 3.26. The molecule has 1 saturated heterocycles. The standard InChI is InChI=1S/C18H23N3O2S2/c1-3-21(10-14-8-9-23-11-14)17(22)20-15-4-6-16(7-5-15)25-18-19-13(2)12-24-18/h4-7,12,14H,3,8-11H2,1-2H3,(H,20,22)/t14-/m1/s1. The van der Waals surface area contributed by atoms with Crippen molar-refractivity contribution in [1.29, 1.82) is 0 Å². The van der Waals surface area contributed by atoms with E-state index in [0.29, 0.717) is 12.5 Å². The smallest absolute Gasteiger partial charge is 0.321 e. The molecule has 7 heteroatoms. The minimum atomic E-state index is -0.0506. The van der Waals surface area contributed by atoms with E-state index in [1.807, 2.05) is 48.4 Å². The normalized spacial score (nSPS) is 16.8. The molecular formula is C18H23N3O2S2. The van der Waals surface area contributed by atoms with Crippen molar-refractivity contribution in [2.24, 2.45) is 5.92 Å². The molecule has 1 aliphatic heterocycles. The quantitative estimate of drug-likeness (QED) is 0.806. The van der Waals surface area contributed by atoms with Crippen molar-refractivity contribution in [2.45, 2.75) is 29.5 Å². The van der Waals surface area contributed by atoms with E-state index >= 15 is 0 Å². The second-order valence-corrected chi connectivity index (χ2v) is 8.26. The molecule has 1 aliphatic rings. The number of hydrogen-bond acceptors (Lipinski definition) is 5. The van der Waals surface area contributed by atoms with E-state index in [1.165, 1.54) is 0 Å². The van der Waals surface area contributed by atoms with Crippen molar-refractivity contribution in [1.82, 2.24) is 9.88 Å². The minimum absolute atomic E-state index is 0.0506. The molecule has 3 rings (SSSR count). The van der Waals surface area contributed by atoms with Crippen LogP contribution in [-0.2, 0) is 4.74 Å². The number of urea groups is 1. The summed E-state index contributed by atoms with van der Waals surface area (Å²) in [5, 5.41) is 5.03. The van der Waals surface area contributed by atoms with E-state index in [1.54, 1.807) is 23.1 Å². The van der Waals surface area contributed by atoms with Crippen LogP contribution < -0.4 is 5.32 Å². The number of anilines is 1. The highest BCUT2D eigenvalue weighted by molar-refractivity contribution is 8.01. The van der Waals surface area contributed by atoms with Gasteiger partial charge in [-0.3, -0.25) is 0 Å². The summed E-state index contributed by atoms with van der Waals surface area (Å²) in [6, 6.07) is 7.85. The van der Waals surface area contributed by atoms with Gasteiger partial charge in [0.2, 0.25) is 0 Å². The molecule has 2 aromatic rings. The summed E-state index contributed by atoms with van der Waals surface area (Å²) in [4.78, 5) is 19.9. The maximum atomic E-state index is 12.5. The van der Waals surface area contributed by atoms with Crippen LogP contribution in [0.5, 0.6) is 0 Å². The maximum Gasteiger partial charge on any atom is 0.321 e. The van der Waals surface area contributed by atoms with Gasteiger partial charge in [-0.1, -0.05) is 11.8 Å². The first-order valence-corrected chi connectivity index (χ1v) is 10.2. The lowest BCUT2D eigenvalue weighted by atomic mass is 10.1. The number of carbonyl (C=O) groups excluding carboxylic acids is 1. The van der Waals surface area contributed by atoms with Crippen LogP contribution in [0.15, 0.2) is 38.9 Å². The van der Waals surface area contributed by atoms with Gasteiger partial charge < -0.3 is 15.0 Å². The third-order valence-electron chi connectivity index (χ3n) is 4.08. The van der Waals surface area contributed by atoms with E-state index in [9.17, 15) is 4.79 Å². The molecule has 1 atom stereocenters. The summed E-state index contributed by atoms with van der Waals surface area (Å²) < 4.78 is 6.43. The topological polar surface area (TPSA) is 54.5 Å². The van der Waals surface area contributed by atoms with Gasteiger partial charge in [0.15, 0.2) is 4.34 Å². The predicted molar refractivity (Wildman–Crippen MR) is 103 cm³/mol. The Morgan fingerprint density at radius 2 is 2.24 bits per heavy atom. The molecule has 25 heavy (non-hydrogen) atoms. The van der Waals surface area contributed by atoms with Gasteiger partial charge in [0, 0.05) is 47.3 Å². The molecule has 5 nitrogen and oxygen atoms in total. The third kappa shape index (κ3) is 5.20. The fourth-order valence-electron chi connectivity index (χ4n) is 2.68. The Morgan fingerprint density at radius 1 is 1.44 bits per heavy atom. The zero-order chi connectivity index (χ0) is 17.6. The zero-order valence-electron chi connectivity index (χ0n) is 14.5. The Kier molecular flexibility index (Phi) is 6.34. The second-order valence-electron chi connectivity index (χ2n) is 6.08. The molecule has 1 aromatic carbocycles. The highest BCUT2D eigenvalue weighted by Gasteiger charge is 2.21. The number of rotatable bonds is 6. The van der Waals surface area contributed by atoms with Crippen LogP contribution in [0.4, 0.5) is 10.5 Å². The number of hydrogen-bond donors (Lipinski definition) is 1. The Labute approximate surface area is 156 Å².